The Hall–Kier alpha value is -2.53. The van der Waals surface area contributed by atoms with E-state index in [-0.39, 0.29) is 18.7 Å². The van der Waals surface area contributed by atoms with Crippen molar-refractivity contribution in [2.75, 3.05) is 25.5 Å². The Kier molecular flexibility index (Phi) is 5.95. The molecule has 5 nitrogen and oxygen atoms in total. The van der Waals surface area contributed by atoms with Gasteiger partial charge in [0.2, 0.25) is 0 Å². The first kappa shape index (κ1) is 17.5. The number of para-hydroxylation sites is 1. The maximum atomic E-state index is 12.8. The van der Waals surface area contributed by atoms with E-state index in [1.807, 2.05) is 0 Å². The molecule has 0 bridgehead atoms. The monoisotopic (exact) mass is 313 g/mol. The summed E-state index contributed by atoms with van der Waals surface area (Å²) in [6.07, 6.45) is -3.46. The Morgan fingerprint density at radius 2 is 2.09 bits per heavy atom. The zero-order valence-electron chi connectivity index (χ0n) is 11.7. The summed E-state index contributed by atoms with van der Waals surface area (Å²) in [6.45, 7) is -0.0121. The third-order valence-electron chi connectivity index (χ3n) is 2.65. The van der Waals surface area contributed by atoms with E-state index in [0.29, 0.717) is 0 Å². The van der Waals surface area contributed by atoms with Crippen LogP contribution in [-0.4, -0.2) is 36.1 Å². The summed E-state index contributed by atoms with van der Waals surface area (Å²) in [5.41, 5.74) is -1.79. The van der Waals surface area contributed by atoms with E-state index in [0.717, 1.165) is 18.3 Å². The van der Waals surface area contributed by atoms with Gasteiger partial charge in [0.05, 0.1) is 17.9 Å². The highest BCUT2D eigenvalue weighted by atomic mass is 19.4. The van der Waals surface area contributed by atoms with Gasteiger partial charge in [0.1, 0.15) is 11.6 Å². The van der Waals surface area contributed by atoms with Crippen LogP contribution in [-0.2, 0) is 11.0 Å². The number of aliphatic hydroxyl groups excluding tert-OH is 1. The van der Waals surface area contributed by atoms with Crippen molar-refractivity contribution in [3.8, 4) is 6.07 Å². The summed E-state index contributed by atoms with van der Waals surface area (Å²) in [4.78, 5) is 13.3. The van der Waals surface area contributed by atoms with Gasteiger partial charge in [0.25, 0.3) is 5.91 Å². The van der Waals surface area contributed by atoms with Crippen LogP contribution in [0.15, 0.2) is 36.0 Å². The van der Waals surface area contributed by atoms with Gasteiger partial charge in [-0.15, -0.1) is 0 Å². The summed E-state index contributed by atoms with van der Waals surface area (Å²) in [7, 11) is 1.52. The third kappa shape index (κ3) is 4.79. The quantitative estimate of drug-likeness (QED) is 0.644. The first-order valence-corrected chi connectivity index (χ1v) is 6.20. The number of hydrogen-bond donors (Lipinski definition) is 2. The van der Waals surface area contributed by atoms with Crippen molar-refractivity contribution in [1.82, 2.24) is 4.90 Å². The van der Waals surface area contributed by atoms with Gasteiger partial charge in [-0.2, -0.15) is 18.4 Å². The van der Waals surface area contributed by atoms with Gasteiger partial charge in [-0.05, 0) is 12.1 Å². The number of hydrogen-bond acceptors (Lipinski definition) is 4. The minimum absolute atomic E-state index is 0.178. The fourth-order valence-corrected chi connectivity index (χ4v) is 1.61. The van der Waals surface area contributed by atoms with Gasteiger partial charge >= 0.3 is 6.18 Å². The Bertz CT molecular complexity index is 606. The molecular weight excluding hydrogens is 299 g/mol. The molecule has 0 spiro atoms. The van der Waals surface area contributed by atoms with Crippen LogP contribution in [0, 0.1) is 11.3 Å². The Balaban J connectivity index is 3.00. The van der Waals surface area contributed by atoms with Crippen molar-refractivity contribution in [3.05, 3.63) is 41.6 Å². The molecule has 0 radical (unpaired) electrons. The molecule has 118 valence electrons. The number of anilines is 1. The zero-order chi connectivity index (χ0) is 16.8. The van der Waals surface area contributed by atoms with Crippen LogP contribution in [0.1, 0.15) is 5.56 Å². The highest BCUT2D eigenvalue weighted by Gasteiger charge is 2.33. The molecule has 0 saturated carbocycles. The fourth-order valence-electron chi connectivity index (χ4n) is 1.61. The van der Waals surface area contributed by atoms with E-state index in [1.165, 1.54) is 24.1 Å². The van der Waals surface area contributed by atoms with Crippen molar-refractivity contribution in [3.63, 3.8) is 0 Å². The lowest BCUT2D eigenvalue weighted by Crippen LogP contribution is -2.21. The van der Waals surface area contributed by atoms with Gasteiger partial charge < -0.3 is 15.3 Å². The van der Waals surface area contributed by atoms with Crippen molar-refractivity contribution < 1.29 is 23.1 Å². The lowest BCUT2D eigenvalue weighted by atomic mass is 10.1. The summed E-state index contributed by atoms with van der Waals surface area (Å²) < 4.78 is 38.5. The molecule has 0 aliphatic heterocycles. The molecule has 1 aromatic rings. The molecule has 0 fully saturated rings. The second-order valence-corrected chi connectivity index (χ2v) is 4.36. The van der Waals surface area contributed by atoms with Gasteiger partial charge in [-0.3, -0.25) is 4.79 Å². The van der Waals surface area contributed by atoms with Gasteiger partial charge in [0, 0.05) is 19.8 Å². The van der Waals surface area contributed by atoms with Crippen molar-refractivity contribution in [2.24, 2.45) is 0 Å². The van der Waals surface area contributed by atoms with E-state index in [4.69, 9.17) is 10.4 Å². The molecule has 0 aromatic heterocycles. The minimum atomic E-state index is -4.62. The standard InChI is InChI=1S/C14H14F3N3O2/c1-20(6-7-21)9-10(8-18)13(22)19-12-5-3-2-4-11(12)14(15,16)17/h2-5,9,21H,6-7H2,1H3,(H,19,22)/b10-9-. The molecule has 0 aliphatic rings. The molecule has 1 aromatic carbocycles. The summed E-state index contributed by atoms with van der Waals surface area (Å²) in [5, 5.41) is 19.7. The molecule has 1 amide bonds. The molecule has 0 unspecified atom stereocenters. The van der Waals surface area contributed by atoms with Crippen molar-refractivity contribution >= 4 is 11.6 Å². The maximum Gasteiger partial charge on any atom is 0.418 e. The van der Waals surface area contributed by atoms with E-state index in [2.05, 4.69) is 5.32 Å². The van der Waals surface area contributed by atoms with E-state index >= 15 is 0 Å². The van der Waals surface area contributed by atoms with Crippen LogP contribution in [0.25, 0.3) is 0 Å². The average Bonchev–Trinajstić information content (AvgIpc) is 2.44. The molecular formula is C14H14F3N3O2. The van der Waals surface area contributed by atoms with Gasteiger partial charge in [-0.1, -0.05) is 12.1 Å². The number of alkyl halides is 3. The molecule has 8 heteroatoms. The highest BCUT2D eigenvalue weighted by molar-refractivity contribution is 6.06. The number of nitrogens with zero attached hydrogens (tertiary/aromatic N) is 2. The summed E-state index contributed by atoms with van der Waals surface area (Å²) in [5.74, 6) is -0.955. The lowest BCUT2D eigenvalue weighted by molar-refractivity contribution is -0.137. The summed E-state index contributed by atoms with van der Waals surface area (Å²) >= 11 is 0. The normalized spacial score (nSPS) is 11.7. The predicted molar refractivity (Wildman–Crippen MR) is 73.5 cm³/mol. The number of carbonyl (C=O) groups is 1. The van der Waals surface area contributed by atoms with Crippen LogP contribution < -0.4 is 5.32 Å². The predicted octanol–water partition coefficient (Wildman–Crippen LogP) is 1.98. The Morgan fingerprint density at radius 1 is 1.45 bits per heavy atom. The number of amides is 1. The number of halogens is 3. The number of benzene rings is 1. The van der Waals surface area contributed by atoms with Crippen LogP contribution >= 0.6 is 0 Å². The van der Waals surface area contributed by atoms with Gasteiger partial charge in [0.15, 0.2) is 0 Å². The van der Waals surface area contributed by atoms with E-state index in [1.54, 1.807) is 6.07 Å². The third-order valence-corrected chi connectivity index (χ3v) is 2.65. The van der Waals surface area contributed by atoms with E-state index < -0.39 is 23.3 Å². The van der Waals surface area contributed by atoms with E-state index in [9.17, 15) is 18.0 Å². The van der Waals surface area contributed by atoms with Crippen LogP contribution in [0.2, 0.25) is 0 Å². The number of aliphatic hydroxyl groups is 1. The minimum Gasteiger partial charge on any atom is -0.395 e. The van der Waals surface area contributed by atoms with Crippen LogP contribution in [0.3, 0.4) is 0 Å². The SMILES string of the molecule is CN(/C=C(/C#N)C(=O)Nc1ccccc1C(F)(F)F)CCO. The van der Waals surface area contributed by atoms with Crippen LogP contribution in [0.5, 0.6) is 0 Å². The number of likely N-dealkylation sites (N-methyl/N-ethyl adjacent to an activating group) is 1. The molecule has 1 rings (SSSR count). The lowest BCUT2D eigenvalue weighted by Gasteiger charge is -2.15. The molecule has 0 saturated heterocycles. The second kappa shape index (κ2) is 7.47. The summed E-state index contributed by atoms with van der Waals surface area (Å²) in [6, 6.07) is 6.10. The fraction of sp³-hybridized carbons (Fsp3) is 0.286. The number of rotatable bonds is 5. The molecule has 0 aliphatic carbocycles. The number of nitriles is 1. The Morgan fingerprint density at radius 3 is 2.64 bits per heavy atom. The van der Waals surface area contributed by atoms with Crippen molar-refractivity contribution in [2.45, 2.75) is 6.18 Å². The smallest absolute Gasteiger partial charge is 0.395 e. The Labute approximate surface area is 125 Å². The number of carbonyl (C=O) groups excluding carboxylic acids is 1. The molecule has 0 heterocycles. The van der Waals surface area contributed by atoms with Crippen LogP contribution in [0.4, 0.5) is 18.9 Å². The first-order chi connectivity index (χ1) is 10.3. The van der Waals surface area contributed by atoms with Gasteiger partial charge in [-0.25, -0.2) is 0 Å². The first-order valence-electron chi connectivity index (χ1n) is 6.20. The second-order valence-electron chi connectivity index (χ2n) is 4.36. The highest BCUT2D eigenvalue weighted by Crippen LogP contribution is 2.34. The largest absolute Gasteiger partial charge is 0.418 e. The molecule has 2 N–H and O–H groups in total. The molecule has 0 atom stereocenters. The topological polar surface area (TPSA) is 76.4 Å². The average molecular weight is 313 g/mol. The maximum absolute atomic E-state index is 12.8. The molecule has 22 heavy (non-hydrogen) atoms. The van der Waals surface area contributed by atoms with Crippen molar-refractivity contribution in [1.29, 1.82) is 5.26 Å². The zero-order valence-corrected chi connectivity index (χ0v) is 11.7. The number of nitrogens with one attached hydrogen (secondary N) is 1.